The molecule has 0 aliphatic carbocycles. The van der Waals surface area contributed by atoms with E-state index >= 15 is 0 Å². The van der Waals surface area contributed by atoms with Crippen LogP contribution in [0.4, 0.5) is 0 Å². The van der Waals surface area contributed by atoms with Crippen LogP contribution in [0.15, 0.2) is 0 Å². The van der Waals surface area contributed by atoms with Crippen LogP contribution in [0, 0.1) is 0 Å². The molecule has 10 heavy (non-hydrogen) atoms. The highest BCUT2D eigenvalue weighted by Gasteiger charge is 2.16. The van der Waals surface area contributed by atoms with Gasteiger partial charge in [0.05, 0.1) is 26.2 Å². The van der Waals surface area contributed by atoms with Crippen LogP contribution in [0.1, 0.15) is 27.7 Å². The molecule has 0 aromatic carbocycles. The molecule has 64 valence electrons. The molecule has 0 unspecified atom stereocenters. The molecule has 2 heteroatoms. The van der Waals surface area contributed by atoms with Crippen LogP contribution in [0.5, 0.6) is 0 Å². The number of nitrogens with zero attached hydrogens (tertiary/aromatic N) is 1. The molecule has 0 saturated carbocycles. The quantitative estimate of drug-likeness (QED) is 0.537. The summed E-state index contributed by atoms with van der Waals surface area (Å²) in [5, 5.41) is 0. The first kappa shape index (κ1) is 13.3. The van der Waals surface area contributed by atoms with Gasteiger partial charge in [-0.25, -0.2) is 0 Å². The Labute approximate surface area is 82.4 Å². The van der Waals surface area contributed by atoms with Crippen LogP contribution in [0.3, 0.4) is 0 Å². The summed E-state index contributed by atoms with van der Waals surface area (Å²) in [4.78, 5) is 0. The van der Waals surface area contributed by atoms with Crippen molar-refractivity contribution in [2.45, 2.75) is 27.7 Å². The number of rotatable bonds is 4. The molecule has 1 nitrogen and oxygen atoms in total. The fourth-order valence-corrected chi connectivity index (χ4v) is 1.34. The lowest BCUT2D eigenvalue weighted by Gasteiger charge is -2.34. The number of hydrogen-bond acceptors (Lipinski definition) is 0. The van der Waals surface area contributed by atoms with Gasteiger partial charge in [-0.3, -0.25) is 0 Å². The third-order valence-corrected chi connectivity index (χ3v) is 2.68. The van der Waals surface area contributed by atoms with Crippen molar-refractivity contribution in [3.8, 4) is 0 Å². The minimum absolute atomic E-state index is 0. The highest BCUT2D eigenvalue weighted by Crippen LogP contribution is 2.03. The van der Waals surface area contributed by atoms with E-state index in [0.717, 1.165) is 0 Å². The molecule has 0 aliphatic rings. The predicted octanol–water partition coefficient (Wildman–Crippen LogP) is 2.50. The lowest BCUT2D eigenvalue weighted by Crippen LogP contribution is -2.47. The zero-order chi connectivity index (χ0) is 7.33. The van der Waals surface area contributed by atoms with E-state index in [2.05, 4.69) is 27.7 Å². The molecule has 0 aromatic heterocycles. The maximum absolute atomic E-state index is 2.27. The maximum atomic E-state index is 2.27. The van der Waals surface area contributed by atoms with Crippen molar-refractivity contribution in [3.05, 3.63) is 0 Å². The van der Waals surface area contributed by atoms with Crippen molar-refractivity contribution in [1.29, 1.82) is 0 Å². The summed E-state index contributed by atoms with van der Waals surface area (Å²) in [5.41, 5.74) is 0. The first-order valence-electron chi connectivity index (χ1n) is 4.09. The van der Waals surface area contributed by atoms with Crippen molar-refractivity contribution in [1.82, 2.24) is 0 Å². The monoisotopic (exact) mass is 258 g/mol. The fraction of sp³-hybridized carbons (Fsp3) is 1.00. The first-order chi connectivity index (χ1) is 4.24. The van der Waals surface area contributed by atoms with Gasteiger partial charge in [0.25, 0.3) is 0 Å². The van der Waals surface area contributed by atoms with E-state index in [0.29, 0.717) is 0 Å². The van der Waals surface area contributed by atoms with Crippen molar-refractivity contribution >= 4 is 24.0 Å². The van der Waals surface area contributed by atoms with Crippen LogP contribution in [0.25, 0.3) is 0 Å². The summed E-state index contributed by atoms with van der Waals surface area (Å²) < 4.78 is 1.28. The van der Waals surface area contributed by atoms with Gasteiger partial charge in [-0.1, -0.05) is 0 Å². The van der Waals surface area contributed by atoms with E-state index in [1.54, 1.807) is 0 Å². The summed E-state index contributed by atoms with van der Waals surface area (Å²) in [6.07, 6.45) is 0. The van der Waals surface area contributed by atoms with Crippen LogP contribution in [0.2, 0.25) is 0 Å². The zero-order valence-electron chi connectivity index (χ0n) is 7.68. The second-order valence-electron chi connectivity index (χ2n) is 2.61. The van der Waals surface area contributed by atoms with Gasteiger partial charge in [0.1, 0.15) is 0 Å². The van der Waals surface area contributed by atoms with Gasteiger partial charge in [0, 0.05) is 0 Å². The highest BCUT2D eigenvalue weighted by molar-refractivity contribution is 14.0. The van der Waals surface area contributed by atoms with Gasteiger partial charge in [0.2, 0.25) is 0 Å². The Morgan fingerprint density at radius 3 is 0.900 bits per heavy atom. The maximum Gasteiger partial charge on any atom is 0.0757 e. The lowest BCUT2D eigenvalue weighted by molar-refractivity contribution is -0.921. The average molecular weight is 258 g/mol. The molecule has 0 rings (SSSR count). The highest BCUT2D eigenvalue weighted by atomic mass is 127. The van der Waals surface area contributed by atoms with Crippen molar-refractivity contribution in [2.75, 3.05) is 26.2 Å². The molecule has 0 fully saturated rings. The molecule has 0 spiro atoms. The third kappa shape index (κ3) is 3.19. The Hall–Kier alpha value is 0.690. The molecule has 0 N–H and O–H groups in total. The van der Waals surface area contributed by atoms with Crippen molar-refractivity contribution in [3.63, 3.8) is 0 Å². The van der Waals surface area contributed by atoms with Crippen LogP contribution < -0.4 is 0 Å². The Kier molecular flexibility index (Phi) is 8.51. The molecule has 0 heterocycles. The zero-order valence-corrected chi connectivity index (χ0v) is 10.0. The van der Waals surface area contributed by atoms with Crippen molar-refractivity contribution < 1.29 is 4.48 Å². The number of halogens is 1. The van der Waals surface area contributed by atoms with E-state index in [1.807, 2.05) is 0 Å². The van der Waals surface area contributed by atoms with Gasteiger partial charge < -0.3 is 4.48 Å². The Bertz CT molecular complexity index is 52.1. The lowest BCUT2D eigenvalue weighted by atomic mass is 10.3. The summed E-state index contributed by atoms with van der Waals surface area (Å²) in [6.45, 7) is 14.2. The summed E-state index contributed by atoms with van der Waals surface area (Å²) in [7, 11) is 0. The summed E-state index contributed by atoms with van der Waals surface area (Å²) >= 11 is 0. The normalized spacial score (nSPS) is 10.8. The first-order valence-corrected chi connectivity index (χ1v) is 4.09. The minimum atomic E-state index is 0. The minimum Gasteiger partial charge on any atom is -0.325 e. The second kappa shape index (κ2) is 6.40. The van der Waals surface area contributed by atoms with Crippen LogP contribution >= 0.6 is 24.0 Å². The Morgan fingerprint density at radius 1 is 0.700 bits per heavy atom. The Morgan fingerprint density at radius 2 is 0.900 bits per heavy atom. The summed E-state index contributed by atoms with van der Waals surface area (Å²) in [6, 6.07) is 0. The standard InChI is InChI=1S/C8H20N.HI/c1-5-9(6-2,7-3)8-4;/h5-8H2,1-4H3;1H/q+1;. The number of quaternary nitrogens is 1. The molecule has 0 bridgehead atoms. The van der Waals surface area contributed by atoms with Gasteiger partial charge in [-0.15, -0.1) is 24.0 Å². The molecule has 0 amide bonds. The van der Waals surface area contributed by atoms with E-state index in [9.17, 15) is 0 Å². The smallest absolute Gasteiger partial charge is 0.0757 e. The van der Waals surface area contributed by atoms with Gasteiger partial charge in [0.15, 0.2) is 0 Å². The molecule has 0 saturated heterocycles. The van der Waals surface area contributed by atoms with Crippen LogP contribution in [-0.2, 0) is 0 Å². The van der Waals surface area contributed by atoms with Gasteiger partial charge in [-0.05, 0) is 27.7 Å². The van der Waals surface area contributed by atoms with E-state index in [1.165, 1.54) is 30.7 Å². The second-order valence-corrected chi connectivity index (χ2v) is 2.61. The molecule has 0 radical (unpaired) electrons. The van der Waals surface area contributed by atoms with Gasteiger partial charge >= 0.3 is 0 Å². The fourth-order valence-electron chi connectivity index (χ4n) is 1.34. The van der Waals surface area contributed by atoms with Gasteiger partial charge in [-0.2, -0.15) is 0 Å². The van der Waals surface area contributed by atoms with Crippen LogP contribution in [-0.4, -0.2) is 30.7 Å². The SMILES string of the molecule is CC[N+](CC)(CC)CC.I. The number of hydrogen-bond donors (Lipinski definition) is 0. The largest absolute Gasteiger partial charge is 0.325 e. The van der Waals surface area contributed by atoms with E-state index < -0.39 is 0 Å². The van der Waals surface area contributed by atoms with Crippen molar-refractivity contribution in [2.24, 2.45) is 0 Å². The molecular weight excluding hydrogens is 237 g/mol. The third-order valence-electron chi connectivity index (χ3n) is 2.68. The predicted molar refractivity (Wildman–Crippen MR) is 57.8 cm³/mol. The van der Waals surface area contributed by atoms with E-state index in [-0.39, 0.29) is 24.0 Å². The molecule has 0 aromatic rings. The molecular formula is C8H21IN+. The Balaban J connectivity index is 0. The summed E-state index contributed by atoms with van der Waals surface area (Å²) in [5.74, 6) is 0. The van der Waals surface area contributed by atoms with E-state index in [4.69, 9.17) is 0 Å². The molecule has 0 atom stereocenters. The molecule has 0 aliphatic heterocycles. The average Bonchev–Trinajstić information content (AvgIpc) is 1.95. The topological polar surface area (TPSA) is 0 Å².